The maximum Gasteiger partial charge on any atom is 0.250 e. The van der Waals surface area contributed by atoms with E-state index in [0.717, 1.165) is 25.1 Å². The molecule has 0 amide bonds. The molecular weight excluding hydrogens is 216 g/mol. The van der Waals surface area contributed by atoms with Crippen LogP contribution in [0.2, 0.25) is 0 Å². The van der Waals surface area contributed by atoms with Gasteiger partial charge in [0, 0.05) is 30.7 Å². The summed E-state index contributed by atoms with van der Waals surface area (Å²) in [5, 5.41) is 0. The third-order valence-electron chi connectivity index (χ3n) is 4.37. The molecular formula is C13H14N2O2. The molecule has 0 radical (unpaired) electrons. The molecule has 2 fully saturated rings. The molecule has 0 bridgehead atoms. The minimum Gasteiger partial charge on any atom is -0.457 e. The third-order valence-corrected chi connectivity index (χ3v) is 4.37. The van der Waals surface area contributed by atoms with Crippen molar-refractivity contribution in [3.63, 3.8) is 0 Å². The van der Waals surface area contributed by atoms with E-state index in [1.54, 1.807) is 12.5 Å². The monoisotopic (exact) mass is 230 g/mol. The normalized spacial score (nSPS) is 36.1. The van der Waals surface area contributed by atoms with Crippen molar-refractivity contribution in [1.29, 1.82) is 0 Å². The van der Waals surface area contributed by atoms with Crippen molar-refractivity contribution in [2.75, 3.05) is 0 Å². The zero-order chi connectivity index (χ0) is 11.3. The number of rotatable bonds is 1. The summed E-state index contributed by atoms with van der Waals surface area (Å²) in [5.74, 6) is 1.24. The van der Waals surface area contributed by atoms with Crippen molar-refractivity contribution in [2.24, 2.45) is 5.92 Å². The third kappa shape index (κ3) is 1.24. The van der Waals surface area contributed by atoms with Gasteiger partial charge in [-0.1, -0.05) is 0 Å². The minimum atomic E-state index is -0.376. The summed E-state index contributed by atoms with van der Waals surface area (Å²) in [5.41, 5.74) is 0.210. The van der Waals surface area contributed by atoms with E-state index in [0.29, 0.717) is 5.92 Å². The molecule has 2 saturated carbocycles. The Morgan fingerprint density at radius 1 is 1.06 bits per heavy atom. The van der Waals surface area contributed by atoms with E-state index in [2.05, 4.69) is 9.97 Å². The van der Waals surface area contributed by atoms with Crippen molar-refractivity contribution in [1.82, 2.24) is 9.97 Å². The summed E-state index contributed by atoms with van der Waals surface area (Å²) in [4.78, 5) is 8.85. The maximum atomic E-state index is 5.62. The highest BCUT2D eigenvalue weighted by atomic mass is 16.7. The van der Waals surface area contributed by atoms with Crippen LogP contribution in [-0.2, 0) is 14.9 Å². The number of hydrogen-bond acceptors (Lipinski definition) is 4. The van der Waals surface area contributed by atoms with E-state index < -0.39 is 0 Å². The predicted octanol–water partition coefficient (Wildman–Crippen LogP) is 2.13. The van der Waals surface area contributed by atoms with Gasteiger partial charge in [0.2, 0.25) is 5.79 Å². The fraction of sp³-hybridized carbons (Fsp3) is 0.538. The van der Waals surface area contributed by atoms with Crippen molar-refractivity contribution in [2.45, 2.75) is 36.9 Å². The summed E-state index contributed by atoms with van der Waals surface area (Å²) in [7, 11) is 0. The van der Waals surface area contributed by atoms with E-state index in [9.17, 15) is 0 Å². The van der Waals surface area contributed by atoms with Crippen molar-refractivity contribution in [3.05, 3.63) is 36.8 Å². The molecule has 4 heteroatoms. The van der Waals surface area contributed by atoms with Crippen LogP contribution in [0.4, 0.5) is 0 Å². The molecule has 88 valence electrons. The van der Waals surface area contributed by atoms with Gasteiger partial charge in [-0.3, -0.25) is 0 Å². The number of ether oxygens (including phenoxy) is 2. The second kappa shape index (κ2) is 3.00. The van der Waals surface area contributed by atoms with Gasteiger partial charge in [0.15, 0.2) is 0 Å². The van der Waals surface area contributed by atoms with E-state index in [-0.39, 0.29) is 11.2 Å². The van der Waals surface area contributed by atoms with Gasteiger partial charge >= 0.3 is 0 Å². The van der Waals surface area contributed by atoms with E-state index in [1.165, 1.54) is 6.42 Å². The lowest BCUT2D eigenvalue weighted by Crippen LogP contribution is -2.37. The lowest BCUT2D eigenvalue weighted by molar-refractivity contribution is -0.166. The topological polar surface area (TPSA) is 44.2 Å². The van der Waals surface area contributed by atoms with E-state index in [1.807, 2.05) is 18.5 Å². The molecule has 1 aromatic rings. The number of aromatic nitrogens is 2. The van der Waals surface area contributed by atoms with Gasteiger partial charge in [-0.2, -0.15) is 0 Å². The van der Waals surface area contributed by atoms with Gasteiger partial charge in [0.25, 0.3) is 0 Å². The van der Waals surface area contributed by atoms with Crippen LogP contribution in [0.5, 0.6) is 0 Å². The molecule has 2 aliphatic carbocycles. The van der Waals surface area contributed by atoms with Crippen LogP contribution in [0, 0.1) is 5.92 Å². The van der Waals surface area contributed by atoms with Crippen molar-refractivity contribution in [3.8, 4) is 0 Å². The summed E-state index contributed by atoms with van der Waals surface area (Å²) < 4.78 is 11.2. The van der Waals surface area contributed by atoms with Crippen LogP contribution >= 0.6 is 0 Å². The Morgan fingerprint density at radius 2 is 1.82 bits per heavy atom. The number of hydrogen-bond donors (Lipinski definition) is 0. The number of nitrogens with zero attached hydrogens (tertiary/aromatic N) is 2. The maximum absolute atomic E-state index is 5.62. The molecule has 2 unspecified atom stereocenters. The summed E-state index contributed by atoms with van der Waals surface area (Å²) in [6, 6.07) is 1.87. The fourth-order valence-corrected chi connectivity index (χ4v) is 3.33. The summed E-state index contributed by atoms with van der Waals surface area (Å²) in [6.45, 7) is 0. The Balaban J connectivity index is 1.59. The van der Waals surface area contributed by atoms with Gasteiger partial charge < -0.3 is 9.47 Å². The Labute approximate surface area is 99.7 Å². The fourth-order valence-electron chi connectivity index (χ4n) is 3.33. The first-order valence-electron chi connectivity index (χ1n) is 6.11. The Kier molecular flexibility index (Phi) is 1.67. The molecule has 0 saturated heterocycles. The van der Waals surface area contributed by atoms with Gasteiger partial charge in [-0.05, 0) is 24.8 Å². The molecule has 1 spiro atoms. The van der Waals surface area contributed by atoms with Crippen molar-refractivity contribution < 1.29 is 9.47 Å². The highest BCUT2D eigenvalue weighted by molar-refractivity contribution is 5.25. The number of fused-ring (bicyclic) bond motifs is 1. The van der Waals surface area contributed by atoms with Crippen LogP contribution < -0.4 is 0 Å². The zero-order valence-corrected chi connectivity index (χ0v) is 9.50. The molecule has 1 aromatic heterocycles. The highest BCUT2D eigenvalue weighted by Crippen LogP contribution is 2.64. The minimum absolute atomic E-state index is 0.210. The highest BCUT2D eigenvalue weighted by Gasteiger charge is 2.64. The molecule has 0 aromatic carbocycles. The van der Waals surface area contributed by atoms with E-state index >= 15 is 0 Å². The van der Waals surface area contributed by atoms with Crippen molar-refractivity contribution >= 4 is 0 Å². The van der Waals surface area contributed by atoms with Gasteiger partial charge in [0.05, 0.1) is 0 Å². The lowest BCUT2D eigenvalue weighted by atomic mass is 9.84. The average Bonchev–Trinajstić information content (AvgIpc) is 2.94. The SMILES string of the molecule is C1=COC2(CCC3(c4ncccn4)CC3C2)O1. The van der Waals surface area contributed by atoms with Crippen LogP contribution in [0.15, 0.2) is 31.0 Å². The summed E-state index contributed by atoms with van der Waals surface area (Å²) in [6.07, 6.45) is 11.1. The Morgan fingerprint density at radius 3 is 2.53 bits per heavy atom. The molecule has 4 rings (SSSR count). The molecule has 1 aliphatic heterocycles. The molecule has 2 heterocycles. The molecule has 4 nitrogen and oxygen atoms in total. The average molecular weight is 230 g/mol. The smallest absolute Gasteiger partial charge is 0.250 e. The Bertz CT molecular complexity index is 466. The molecule has 2 atom stereocenters. The van der Waals surface area contributed by atoms with Gasteiger partial charge in [0.1, 0.15) is 18.3 Å². The van der Waals surface area contributed by atoms with E-state index in [4.69, 9.17) is 9.47 Å². The van der Waals surface area contributed by atoms with Crippen LogP contribution in [0.3, 0.4) is 0 Å². The molecule has 3 aliphatic rings. The Hall–Kier alpha value is -1.58. The lowest BCUT2D eigenvalue weighted by Gasteiger charge is -2.34. The zero-order valence-electron chi connectivity index (χ0n) is 9.50. The second-order valence-corrected chi connectivity index (χ2v) is 5.25. The van der Waals surface area contributed by atoms with Crippen LogP contribution in [0.25, 0.3) is 0 Å². The van der Waals surface area contributed by atoms with Gasteiger partial charge in [-0.15, -0.1) is 0 Å². The predicted molar refractivity (Wildman–Crippen MR) is 59.7 cm³/mol. The molecule has 17 heavy (non-hydrogen) atoms. The van der Waals surface area contributed by atoms with Crippen LogP contribution in [0.1, 0.15) is 31.5 Å². The largest absolute Gasteiger partial charge is 0.457 e. The second-order valence-electron chi connectivity index (χ2n) is 5.25. The van der Waals surface area contributed by atoms with Gasteiger partial charge in [-0.25, -0.2) is 9.97 Å². The quantitative estimate of drug-likeness (QED) is 0.741. The summed E-state index contributed by atoms with van der Waals surface area (Å²) >= 11 is 0. The first kappa shape index (κ1) is 9.45. The van der Waals surface area contributed by atoms with Crippen LogP contribution in [-0.4, -0.2) is 15.8 Å². The standard InChI is InChI=1S/C13H14N2O2/c1-4-14-11(15-5-1)12-2-3-13(9-10(12)8-12)16-6-7-17-13/h1,4-7,10H,2-3,8-9H2. The first-order valence-corrected chi connectivity index (χ1v) is 6.11. The first-order chi connectivity index (χ1) is 8.33. The molecule has 0 N–H and O–H groups in total.